The molecule has 0 saturated carbocycles. The normalized spacial score (nSPS) is 17.6. The summed E-state index contributed by atoms with van der Waals surface area (Å²) in [5.41, 5.74) is 8.85. The summed E-state index contributed by atoms with van der Waals surface area (Å²) in [6.07, 6.45) is 4.16. The quantitative estimate of drug-likeness (QED) is 0.879. The molecule has 104 valence electrons. The number of aryl methyl sites for hydroxylation is 1. The van der Waals surface area contributed by atoms with Crippen molar-refractivity contribution in [1.82, 2.24) is 9.55 Å². The van der Waals surface area contributed by atoms with Gasteiger partial charge in [-0.1, -0.05) is 12.1 Å². The number of nitrogens with zero attached hydrogens (tertiary/aromatic N) is 2. The third-order valence-corrected chi connectivity index (χ3v) is 3.55. The predicted molar refractivity (Wildman–Crippen MR) is 78.1 cm³/mol. The number of imidazole rings is 1. The van der Waals surface area contributed by atoms with E-state index in [1.54, 1.807) is 0 Å². The summed E-state index contributed by atoms with van der Waals surface area (Å²) in [5.74, 6) is 0.901. The molecule has 1 atom stereocenters. The zero-order chi connectivity index (χ0) is 14.1. The largest absolute Gasteiger partial charge is 0.333 e. The van der Waals surface area contributed by atoms with Crippen LogP contribution < -0.4 is 11.1 Å². The van der Waals surface area contributed by atoms with E-state index in [1.165, 1.54) is 6.92 Å². The molecule has 5 nitrogen and oxygen atoms in total. The molecule has 1 unspecified atom stereocenters. The highest BCUT2D eigenvalue weighted by Crippen LogP contribution is 2.27. The summed E-state index contributed by atoms with van der Waals surface area (Å²) in [7, 11) is 0. The van der Waals surface area contributed by atoms with Gasteiger partial charge >= 0.3 is 0 Å². The SMILES string of the molecule is CC(=O)Nc1ccc(-c2cn3c(n2)C(N)CCC3)cc1. The van der Waals surface area contributed by atoms with E-state index in [1.807, 2.05) is 24.3 Å². The molecule has 1 aromatic heterocycles. The number of amides is 1. The lowest BCUT2D eigenvalue weighted by atomic mass is 10.1. The van der Waals surface area contributed by atoms with Crippen LogP contribution in [-0.4, -0.2) is 15.5 Å². The predicted octanol–water partition coefficient (Wildman–Crippen LogP) is 2.30. The molecule has 1 aliphatic heterocycles. The Morgan fingerprint density at radius 1 is 1.40 bits per heavy atom. The smallest absolute Gasteiger partial charge is 0.221 e. The van der Waals surface area contributed by atoms with Crippen molar-refractivity contribution in [2.75, 3.05) is 5.32 Å². The first-order valence-corrected chi connectivity index (χ1v) is 6.84. The highest BCUT2D eigenvalue weighted by Gasteiger charge is 2.19. The van der Waals surface area contributed by atoms with Gasteiger partial charge < -0.3 is 15.6 Å². The molecule has 20 heavy (non-hydrogen) atoms. The lowest BCUT2D eigenvalue weighted by Crippen LogP contribution is -2.21. The van der Waals surface area contributed by atoms with Gasteiger partial charge in [-0.2, -0.15) is 0 Å². The topological polar surface area (TPSA) is 72.9 Å². The van der Waals surface area contributed by atoms with Crippen LogP contribution in [0.1, 0.15) is 31.6 Å². The van der Waals surface area contributed by atoms with Crippen LogP contribution in [0.15, 0.2) is 30.5 Å². The Kier molecular flexibility index (Phi) is 3.28. The van der Waals surface area contributed by atoms with Gasteiger partial charge in [0.1, 0.15) is 5.82 Å². The lowest BCUT2D eigenvalue weighted by molar-refractivity contribution is -0.114. The Bertz CT molecular complexity index is 630. The number of rotatable bonds is 2. The van der Waals surface area contributed by atoms with E-state index in [0.717, 1.165) is 42.2 Å². The summed E-state index contributed by atoms with van der Waals surface area (Å²) < 4.78 is 2.14. The molecular formula is C15H18N4O. The van der Waals surface area contributed by atoms with Gasteiger partial charge in [-0.25, -0.2) is 4.98 Å². The first-order valence-electron chi connectivity index (χ1n) is 6.84. The average molecular weight is 270 g/mol. The van der Waals surface area contributed by atoms with Crippen molar-refractivity contribution < 1.29 is 4.79 Å². The fraction of sp³-hybridized carbons (Fsp3) is 0.333. The van der Waals surface area contributed by atoms with E-state index in [0.29, 0.717) is 0 Å². The minimum Gasteiger partial charge on any atom is -0.333 e. The highest BCUT2D eigenvalue weighted by molar-refractivity contribution is 5.88. The molecule has 3 rings (SSSR count). The van der Waals surface area contributed by atoms with Crippen molar-refractivity contribution in [3.05, 3.63) is 36.3 Å². The van der Waals surface area contributed by atoms with Crippen LogP contribution in [0.5, 0.6) is 0 Å². The number of fused-ring (bicyclic) bond motifs is 1. The fourth-order valence-corrected chi connectivity index (χ4v) is 2.58. The number of aromatic nitrogens is 2. The molecule has 1 aromatic carbocycles. The minimum absolute atomic E-state index is 0.0381. The van der Waals surface area contributed by atoms with Gasteiger partial charge in [-0.3, -0.25) is 4.79 Å². The number of carbonyl (C=O) groups excluding carboxylic acids is 1. The summed E-state index contributed by atoms with van der Waals surface area (Å²) in [4.78, 5) is 15.6. The molecule has 0 bridgehead atoms. The van der Waals surface area contributed by atoms with E-state index >= 15 is 0 Å². The van der Waals surface area contributed by atoms with Crippen LogP contribution in [0.2, 0.25) is 0 Å². The van der Waals surface area contributed by atoms with Gasteiger partial charge in [0.25, 0.3) is 0 Å². The van der Waals surface area contributed by atoms with Gasteiger partial charge in [-0.15, -0.1) is 0 Å². The minimum atomic E-state index is -0.0684. The molecule has 5 heteroatoms. The molecule has 2 aromatic rings. The fourth-order valence-electron chi connectivity index (χ4n) is 2.58. The molecule has 0 saturated heterocycles. The van der Waals surface area contributed by atoms with E-state index in [9.17, 15) is 4.79 Å². The Labute approximate surface area is 117 Å². The van der Waals surface area contributed by atoms with Crippen LogP contribution >= 0.6 is 0 Å². The standard InChI is InChI=1S/C15H18N4O/c1-10(20)17-12-6-4-11(5-7-12)14-9-19-8-2-3-13(16)15(19)18-14/h4-7,9,13H,2-3,8,16H2,1H3,(H,17,20). The van der Waals surface area contributed by atoms with Crippen LogP contribution in [-0.2, 0) is 11.3 Å². The second kappa shape index (κ2) is 5.09. The summed E-state index contributed by atoms with van der Waals surface area (Å²) >= 11 is 0. The highest BCUT2D eigenvalue weighted by atomic mass is 16.1. The molecular weight excluding hydrogens is 252 g/mol. The second-order valence-corrected chi connectivity index (χ2v) is 5.18. The van der Waals surface area contributed by atoms with Gasteiger partial charge in [0.05, 0.1) is 11.7 Å². The lowest BCUT2D eigenvalue weighted by Gasteiger charge is -2.19. The molecule has 0 spiro atoms. The zero-order valence-electron chi connectivity index (χ0n) is 11.5. The van der Waals surface area contributed by atoms with E-state index in [2.05, 4.69) is 21.1 Å². The van der Waals surface area contributed by atoms with Gasteiger partial charge in [0.15, 0.2) is 0 Å². The molecule has 2 heterocycles. The monoisotopic (exact) mass is 270 g/mol. The number of hydrogen-bond acceptors (Lipinski definition) is 3. The molecule has 0 aliphatic carbocycles. The van der Waals surface area contributed by atoms with Crippen molar-refractivity contribution >= 4 is 11.6 Å². The van der Waals surface area contributed by atoms with Crippen LogP contribution in [0.4, 0.5) is 5.69 Å². The summed E-state index contributed by atoms with van der Waals surface area (Å²) in [6.45, 7) is 2.48. The molecule has 0 fully saturated rings. The number of nitrogens with two attached hydrogens (primary N) is 1. The Hall–Kier alpha value is -2.14. The Balaban J connectivity index is 1.88. The summed E-state index contributed by atoms with van der Waals surface area (Å²) in [5, 5.41) is 2.75. The van der Waals surface area contributed by atoms with E-state index in [-0.39, 0.29) is 11.9 Å². The maximum Gasteiger partial charge on any atom is 0.221 e. The number of benzene rings is 1. The third kappa shape index (κ3) is 2.44. The van der Waals surface area contributed by atoms with Crippen molar-refractivity contribution in [3.8, 4) is 11.3 Å². The molecule has 3 N–H and O–H groups in total. The van der Waals surface area contributed by atoms with Crippen molar-refractivity contribution in [3.63, 3.8) is 0 Å². The van der Waals surface area contributed by atoms with Crippen LogP contribution in [0.25, 0.3) is 11.3 Å². The van der Waals surface area contributed by atoms with Crippen LogP contribution in [0, 0.1) is 0 Å². The van der Waals surface area contributed by atoms with E-state index in [4.69, 9.17) is 5.73 Å². The number of carbonyl (C=O) groups is 1. The first kappa shape index (κ1) is 12.9. The summed E-state index contributed by atoms with van der Waals surface area (Å²) in [6, 6.07) is 7.73. The Morgan fingerprint density at radius 2 is 2.15 bits per heavy atom. The van der Waals surface area contributed by atoms with Crippen LogP contribution in [0.3, 0.4) is 0 Å². The van der Waals surface area contributed by atoms with Gasteiger partial charge in [-0.05, 0) is 25.0 Å². The van der Waals surface area contributed by atoms with E-state index < -0.39 is 0 Å². The number of nitrogens with one attached hydrogen (secondary N) is 1. The van der Waals surface area contributed by atoms with Crippen molar-refractivity contribution in [2.45, 2.75) is 32.4 Å². The van der Waals surface area contributed by atoms with Crippen molar-refractivity contribution in [1.29, 1.82) is 0 Å². The van der Waals surface area contributed by atoms with Crippen molar-refractivity contribution in [2.24, 2.45) is 5.73 Å². The molecule has 1 amide bonds. The maximum atomic E-state index is 11.0. The Morgan fingerprint density at radius 3 is 2.80 bits per heavy atom. The number of anilines is 1. The third-order valence-electron chi connectivity index (χ3n) is 3.55. The average Bonchev–Trinajstić information content (AvgIpc) is 2.84. The zero-order valence-corrected chi connectivity index (χ0v) is 11.5. The second-order valence-electron chi connectivity index (χ2n) is 5.18. The number of hydrogen-bond donors (Lipinski definition) is 2. The molecule has 1 aliphatic rings. The van der Waals surface area contributed by atoms with Gasteiger partial charge in [0.2, 0.25) is 5.91 Å². The van der Waals surface area contributed by atoms with Gasteiger partial charge in [0, 0.05) is 30.9 Å². The first-order chi connectivity index (χ1) is 9.63. The maximum absolute atomic E-state index is 11.0. The molecule has 0 radical (unpaired) electrons.